The van der Waals surface area contributed by atoms with E-state index in [1.54, 1.807) is 25.4 Å². The average Bonchev–Trinajstić information content (AvgIpc) is 3.44. The molecule has 0 unspecified atom stereocenters. The van der Waals surface area contributed by atoms with Crippen molar-refractivity contribution in [3.8, 4) is 16.9 Å². The average molecular weight is 445 g/mol. The second-order valence-electron chi connectivity index (χ2n) is 8.37. The lowest BCUT2D eigenvalue weighted by molar-refractivity contribution is 0.0374. The topological polar surface area (TPSA) is 119 Å². The maximum atomic E-state index is 14.3. The van der Waals surface area contributed by atoms with E-state index in [2.05, 4.69) is 20.2 Å². The first-order valence-electron chi connectivity index (χ1n) is 10.5. The number of anilines is 1. The number of hydrogen-bond donors (Lipinski definition) is 3. The molecule has 0 amide bonds. The zero-order valence-electron chi connectivity index (χ0n) is 17.7. The molecule has 2 aromatic carbocycles. The highest BCUT2D eigenvalue weighted by atomic mass is 19.1. The Kier molecular flexibility index (Phi) is 4.18. The van der Waals surface area contributed by atoms with Crippen molar-refractivity contribution in [2.24, 2.45) is 0 Å². The van der Waals surface area contributed by atoms with Gasteiger partial charge < -0.3 is 20.2 Å². The van der Waals surface area contributed by atoms with Crippen molar-refractivity contribution in [2.45, 2.75) is 18.4 Å². The maximum Gasteiger partial charge on any atom is 0.272 e. The third-order valence-electron chi connectivity index (χ3n) is 6.44. The van der Waals surface area contributed by atoms with Crippen LogP contribution in [-0.2, 0) is 4.74 Å². The summed E-state index contributed by atoms with van der Waals surface area (Å²) >= 11 is 0. The normalized spacial score (nSPS) is 14.8. The largest absolute Gasteiger partial charge is 0.488 e. The predicted octanol–water partition coefficient (Wildman–Crippen LogP) is 3.90. The summed E-state index contributed by atoms with van der Waals surface area (Å²) in [5, 5.41) is 8.56. The van der Waals surface area contributed by atoms with Crippen LogP contribution in [0.4, 0.5) is 10.1 Å². The Morgan fingerprint density at radius 1 is 1.18 bits per heavy atom. The standard InChI is InChI=1S/C24H20FN5O3/c1-32-24(6-7-24)11-33-17-9-14-18(12-4-5-16(25)21-15(12)10-28-30-21)19(26)23(31)29-20(14)13-3-2-8-27-22(13)17/h2-5,8-10H,6-7,11,26H2,1H3,(H,28,30)(H,29,31). The number of aromatic amines is 2. The van der Waals surface area contributed by atoms with Crippen LogP contribution >= 0.6 is 0 Å². The van der Waals surface area contributed by atoms with Crippen molar-refractivity contribution in [3.05, 3.63) is 58.9 Å². The number of nitrogens with one attached hydrogen (secondary N) is 2. The van der Waals surface area contributed by atoms with Gasteiger partial charge in [0.1, 0.15) is 40.5 Å². The van der Waals surface area contributed by atoms with Crippen molar-refractivity contribution in [1.29, 1.82) is 0 Å². The van der Waals surface area contributed by atoms with Crippen molar-refractivity contribution in [3.63, 3.8) is 0 Å². The molecule has 9 heteroatoms. The lowest BCUT2D eigenvalue weighted by Gasteiger charge is -2.18. The number of hydrogen-bond acceptors (Lipinski definition) is 6. The van der Waals surface area contributed by atoms with Crippen LogP contribution in [0, 0.1) is 5.82 Å². The molecule has 6 rings (SSSR count). The lowest BCUT2D eigenvalue weighted by Crippen LogP contribution is -2.22. The maximum absolute atomic E-state index is 14.3. The first-order valence-corrected chi connectivity index (χ1v) is 10.5. The number of nitrogen functional groups attached to an aromatic ring is 1. The Balaban J connectivity index is 1.67. The number of ether oxygens (including phenoxy) is 2. The summed E-state index contributed by atoms with van der Waals surface area (Å²) in [6.07, 6.45) is 5.06. The van der Waals surface area contributed by atoms with Crippen molar-refractivity contribution >= 4 is 38.4 Å². The van der Waals surface area contributed by atoms with Crippen LogP contribution in [0.2, 0.25) is 0 Å². The number of methoxy groups -OCH3 is 1. The summed E-state index contributed by atoms with van der Waals surface area (Å²) in [5.74, 6) is 0.117. The summed E-state index contributed by atoms with van der Waals surface area (Å²) in [6.45, 7) is 0.386. The number of nitrogens with two attached hydrogens (primary N) is 1. The first-order chi connectivity index (χ1) is 16.0. The second-order valence-corrected chi connectivity index (χ2v) is 8.37. The SMILES string of the molecule is COC1(COc2cc3c(-c4ccc(F)c5[nH]ncc45)c(N)c(=O)[nH]c3c3cccnc23)CC1. The molecule has 0 spiro atoms. The van der Waals surface area contributed by atoms with Gasteiger partial charge in [-0.3, -0.25) is 14.9 Å². The van der Waals surface area contributed by atoms with Gasteiger partial charge in [0.2, 0.25) is 0 Å². The molecule has 0 aliphatic heterocycles. The van der Waals surface area contributed by atoms with Gasteiger partial charge in [0.25, 0.3) is 5.56 Å². The van der Waals surface area contributed by atoms with Gasteiger partial charge in [0.05, 0.1) is 11.7 Å². The Bertz CT molecular complexity index is 1620. The second kappa shape index (κ2) is 7.01. The minimum Gasteiger partial charge on any atom is -0.488 e. The van der Waals surface area contributed by atoms with Gasteiger partial charge in [-0.15, -0.1) is 0 Å². The molecule has 0 atom stereocenters. The summed E-state index contributed by atoms with van der Waals surface area (Å²) < 4.78 is 26.1. The molecule has 1 aliphatic rings. The van der Waals surface area contributed by atoms with E-state index >= 15 is 0 Å². The van der Waals surface area contributed by atoms with E-state index < -0.39 is 11.4 Å². The fourth-order valence-corrected chi connectivity index (χ4v) is 4.37. The fourth-order valence-electron chi connectivity index (χ4n) is 4.37. The molecule has 1 saturated carbocycles. The van der Waals surface area contributed by atoms with Gasteiger partial charge in [-0.1, -0.05) is 6.07 Å². The van der Waals surface area contributed by atoms with Crippen molar-refractivity contribution in [2.75, 3.05) is 19.5 Å². The number of rotatable bonds is 5. The third-order valence-corrected chi connectivity index (χ3v) is 6.44. The van der Waals surface area contributed by atoms with E-state index in [-0.39, 0.29) is 16.8 Å². The minimum absolute atomic E-state index is 0.0290. The van der Waals surface area contributed by atoms with Gasteiger partial charge in [0.15, 0.2) is 0 Å². The molecule has 8 nitrogen and oxygen atoms in total. The Morgan fingerprint density at radius 2 is 2.03 bits per heavy atom. The number of fused-ring (bicyclic) bond motifs is 4. The van der Waals surface area contributed by atoms with Gasteiger partial charge in [-0.05, 0) is 42.7 Å². The molecule has 4 N–H and O–H groups in total. The fraction of sp³-hybridized carbons (Fsp3) is 0.208. The van der Waals surface area contributed by atoms with Crippen molar-refractivity contribution < 1.29 is 13.9 Å². The van der Waals surface area contributed by atoms with Gasteiger partial charge in [-0.25, -0.2) is 4.39 Å². The molecule has 3 heterocycles. The molecule has 1 aliphatic carbocycles. The van der Waals surface area contributed by atoms with E-state index in [1.807, 2.05) is 12.1 Å². The van der Waals surface area contributed by atoms with E-state index in [0.29, 0.717) is 45.3 Å². The minimum atomic E-state index is -0.438. The summed E-state index contributed by atoms with van der Waals surface area (Å²) in [4.78, 5) is 20.2. The van der Waals surface area contributed by atoms with Crippen LogP contribution in [0.5, 0.6) is 5.75 Å². The molecule has 1 fully saturated rings. The quantitative estimate of drug-likeness (QED) is 0.353. The van der Waals surface area contributed by atoms with Crippen LogP contribution in [0.1, 0.15) is 12.8 Å². The van der Waals surface area contributed by atoms with Crippen molar-refractivity contribution in [1.82, 2.24) is 20.2 Å². The summed E-state index contributed by atoms with van der Waals surface area (Å²) in [5.41, 5.74) is 8.15. The number of pyridine rings is 2. The molecular weight excluding hydrogens is 425 g/mol. The predicted molar refractivity (Wildman–Crippen MR) is 124 cm³/mol. The number of halogens is 1. The van der Waals surface area contributed by atoms with Gasteiger partial charge in [0, 0.05) is 35.0 Å². The van der Waals surface area contributed by atoms with E-state index in [4.69, 9.17) is 15.2 Å². The number of aromatic nitrogens is 4. The van der Waals surface area contributed by atoms with Crippen LogP contribution in [-0.4, -0.2) is 39.5 Å². The highest BCUT2D eigenvalue weighted by molar-refractivity contribution is 6.15. The zero-order valence-corrected chi connectivity index (χ0v) is 17.7. The lowest BCUT2D eigenvalue weighted by atomic mass is 9.95. The van der Waals surface area contributed by atoms with Gasteiger partial charge >= 0.3 is 0 Å². The Morgan fingerprint density at radius 3 is 2.82 bits per heavy atom. The summed E-state index contributed by atoms with van der Waals surface area (Å²) in [6, 6.07) is 8.43. The molecular formula is C24H20FN5O3. The highest BCUT2D eigenvalue weighted by Crippen LogP contribution is 2.42. The van der Waals surface area contributed by atoms with Crippen LogP contribution < -0.4 is 16.0 Å². The molecule has 33 heavy (non-hydrogen) atoms. The molecule has 5 aromatic rings. The smallest absolute Gasteiger partial charge is 0.272 e. The van der Waals surface area contributed by atoms with Gasteiger partial charge in [-0.2, -0.15) is 5.10 Å². The van der Waals surface area contributed by atoms with E-state index in [9.17, 15) is 9.18 Å². The van der Waals surface area contributed by atoms with Crippen LogP contribution in [0.25, 0.3) is 43.8 Å². The number of H-pyrrole nitrogens is 2. The molecule has 0 saturated heterocycles. The molecule has 3 aromatic heterocycles. The third kappa shape index (κ3) is 2.96. The summed E-state index contributed by atoms with van der Waals surface area (Å²) in [7, 11) is 1.68. The Hall–Kier alpha value is -3.98. The molecule has 0 radical (unpaired) electrons. The molecule has 166 valence electrons. The molecule has 0 bridgehead atoms. The first kappa shape index (κ1) is 19.7. The number of benzene rings is 2. The highest BCUT2D eigenvalue weighted by Gasteiger charge is 2.44. The van der Waals surface area contributed by atoms with E-state index in [0.717, 1.165) is 18.2 Å². The van der Waals surface area contributed by atoms with Crippen LogP contribution in [0.3, 0.4) is 0 Å². The van der Waals surface area contributed by atoms with Crippen LogP contribution in [0.15, 0.2) is 47.5 Å². The zero-order chi connectivity index (χ0) is 22.7. The van der Waals surface area contributed by atoms with E-state index in [1.165, 1.54) is 12.3 Å². The monoisotopic (exact) mass is 445 g/mol. The Labute approximate surface area is 186 Å². The number of nitrogens with zero attached hydrogens (tertiary/aromatic N) is 2.